The maximum atomic E-state index is 12.9. The molecule has 0 radical (unpaired) electrons. The summed E-state index contributed by atoms with van der Waals surface area (Å²) in [6.45, 7) is 2.09. The van der Waals surface area contributed by atoms with Gasteiger partial charge in [-0.3, -0.25) is 9.78 Å². The van der Waals surface area contributed by atoms with Crippen LogP contribution in [0.1, 0.15) is 23.3 Å². The van der Waals surface area contributed by atoms with Gasteiger partial charge in [0.05, 0.1) is 12.1 Å². The summed E-state index contributed by atoms with van der Waals surface area (Å²) in [7, 11) is 0. The summed E-state index contributed by atoms with van der Waals surface area (Å²) >= 11 is 0. The Bertz CT molecular complexity index is 898. The number of hydrogen-bond donors (Lipinski definition) is 0. The van der Waals surface area contributed by atoms with Gasteiger partial charge >= 0.3 is 0 Å². The molecule has 3 aromatic rings. The maximum Gasteiger partial charge on any atom is 0.272 e. The van der Waals surface area contributed by atoms with E-state index < -0.39 is 0 Å². The molecule has 4 rings (SSSR count). The molecule has 5 nitrogen and oxygen atoms in total. The predicted octanol–water partition coefficient (Wildman–Crippen LogP) is 3.56. The molecular weight excluding hydrogens is 326 g/mol. The summed E-state index contributed by atoms with van der Waals surface area (Å²) in [5, 5.41) is 1.05. The number of hydrogen-bond acceptors (Lipinski definition) is 4. The van der Waals surface area contributed by atoms with Crippen LogP contribution in [0.25, 0.3) is 10.9 Å². The van der Waals surface area contributed by atoms with Gasteiger partial charge in [0.2, 0.25) is 0 Å². The third-order valence-electron chi connectivity index (χ3n) is 4.76. The highest BCUT2D eigenvalue weighted by Crippen LogP contribution is 2.21. The molecule has 5 heteroatoms. The monoisotopic (exact) mass is 347 g/mol. The molecule has 0 spiro atoms. The number of piperidine rings is 1. The lowest BCUT2D eigenvalue weighted by Crippen LogP contribution is -2.41. The minimum absolute atomic E-state index is 0.00404. The summed E-state index contributed by atoms with van der Waals surface area (Å²) in [5.41, 5.74) is 1.37. The fourth-order valence-corrected chi connectivity index (χ4v) is 3.38. The van der Waals surface area contributed by atoms with Crippen molar-refractivity contribution in [3.8, 4) is 5.75 Å². The van der Waals surface area contributed by atoms with E-state index in [-0.39, 0.29) is 5.91 Å². The largest absolute Gasteiger partial charge is 0.493 e. The lowest BCUT2D eigenvalue weighted by Gasteiger charge is -2.32. The zero-order valence-electron chi connectivity index (χ0n) is 14.5. The zero-order chi connectivity index (χ0) is 17.8. The van der Waals surface area contributed by atoms with Gasteiger partial charge in [0.25, 0.3) is 5.91 Å². The zero-order valence-corrected chi connectivity index (χ0v) is 14.5. The fraction of sp³-hybridized carbons (Fsp3) is 0.286. The van der Waals surface area contributed by atoms with E-state index in [0.29, 0.717) is 24.8 Å². The number of para-hydroxylation sites is 1. The van der Waals surface area contributed by atoms with Crippen LogP contribution in [0.2, 0.25) is 0 Å². The number of aromatic nitrogens is 2. The number of pyridine rings is 2. The van der Waals surface area contributed by atoms with Gasteiger partial charge in [-0.05, 0) is 37.1 Å². The Balaban J connectivity index is 1.42. The van der Waals surface area contributed by atoms with Crippen molar-refractivity contribution in [1.82, 2.24) is 14.9 Å². The Hall–Kier alpha value is -2.95. The number of amides is 1. The van der Waals surface area contributed by atoms with Crippen molar-refractivity contribution >= 4 is 16.8 Å². The van der Waals surface area contributed by atoms with Crippen LogP contribution in [0.4, 0.5) is 0 Å². The van der Waals surface area contributed by atoms with Crippen LogP contribution in [-0.2, 0) is 0 Å². The first-order valence-electron chi connectivity index (χ1n) is 8.97. The van der Waals surface area contributed by atoms with E-state index in [2.05, 4.69) is 9.97 Å². The van der Waals surface area contributed by atoms with Crippen LogP contribution < -0.4 is 4.74 Å². The SMILES string of the molecule is O=C(c1ccc2ccccc2n1)N1CCCC(COc2ccncc2)C1. The third kappa shape index (κ3) is 3.67. The second-order valence-electron chi connectivity index (χ2n) is 6.64. The summed E-state index contributed by atoms with van der Waals surface area (Å²) in [6.07, 6.45) is 5.50. The van der Waals surface area contributed by atoms with Crippen molar-refractivity contribution < 1.29 is 9.53 Å². The molecule has 1 amide bonds. The van der Waals surface area contributed by atoms with Crippen LogP contribution in [0.3, 0.4) is 0 Å². The van der Waals surface area contributed by atoms with Gasteiger partial charge in [0, 0.05) is 36.8 Å². The topological polar surface area (TPSA) is 55.3 Å². The smallest absolute Gasteiger partial charge is 0.272 e. The molecule has 1 unspecified atom stereocenters. The molecule has 0 aliphatic carbocycles. The molecule has 0 bridgehead atoms. The Morgan fingerprint density at radius 2 is 1.96 bits per heavy atom. The Morgan fingerprint density at radius 1 is 1.12 bits per heavy atom. The molecule has 1 fully saturated rings. The molecule has 0 saturated carbocycles. The molecule has 1 atom stereocenters. The Kier molecular flexibility index (Phi) is 4.78. The molecule has 0 N–H and O–H groups in total. The standard InChI is InChI=1S/C21H21N3O2/c25-21(20-8-7-17-5-1-2-6-19(17)23-20)24-13-3-4-16(14-24)15-26-18-9-11-22-12-10-18/h1-2,5-12,16H,3-4,13-15H2. The highest BCUT2D eigenvalue weighted by molar-refractivity contribution is 5.95. The fourth-order valence-electron chi connectivity index (χ4n) is 3.38. The van der Waals surface area contributed by atoms with Gasteiger partial charge in [0.1, 0.15) is 11.4 Å². The van der Waals surface area contributed by atoms with Crippen molar-refractivity contribution in [2.45, 2.75) is 12.8 Å². The molecular formula is C21H21N3O2. The molecule has 3 heterocycles. The molecule has 1 aliphatic heterocycles. The van der Waals surface area contributed by atoms with E-state index >= 15 is 0 Å². The van der Waals surface area contributed by atoms with E-state index in [4.69, 9.17) is 4.74 Å². The van der Waals surface area contributed by atoms with Gasteiger partial charge in [-0.1, -0.05) is 24.3 Å². The molecule has 1 aliphatic rings. The summed E-state index contributed by atoms with van der Waals surface area (Å²) in [5.74, 6) is 1.16. The van der Waals surface area contributed by atoms with Crippen molar-refractivity contribution in [3.05, 3.63) is 66.6 Å². The molecule has 1 saturated heterocycles. The van der Waals surface area contributed by atoms with Crippen molar-refractivity contribution in [3.63, 3.8) is 0 Å². The van der Waals surface area contributed by atoms with E-state index in [1.807, 2.05) is 53.4 Å². The van der Waals surface area contributed by atoms with Crippen molar-refractivity contribution in [2.24, 2.45) is 5.92 Å². The first-order valence-corrected chi connectivity index (χ1v) is 8.97. The summed E-state index contributed by atoms with van der Waals surface area (Å²) in [6, 6.07) is 15.3. The van der Waals surface area contributed by atoms with Crippen LogP contribution in [0, 0.1) is 5.92 Å². The molecule has 26 heavy (non-hydrogen) atoms. The minimum Gasteiger partial charge on any atom is -0.493 e. The van der Waals surface area contributed by atoms with Crippen molar-refractivity contribution in [2.75, 3.05) is 19.7 Å². The van der Waals surface area contributed by atoms with Crippen LogP contribution in [0.15, 0.2) is 60.9 Å². The van der Waals surface area contributed by atoms with Gasteiger partial charge < -0.3 is 9.64 Å². The predicted molar refractivity (Wildman–Crippen MR) is 100 cm³/mol. The average Bonchev–Trinajstić information content (AvgIpc) is 2.72. The van der Waals surface area contributed by atoms with Gasteiger partial charge in [-0.2, -0.15) is 0 Å². The third-order valence-corrected chi connectivity index (χ3v) is 4.76. The number of rotatable bonds is 4. The minimum atomic E-state index is 0.00404. The average molecular weight is 347 g/mol. The van der Waals surface area contributed by atoms with Gasteiger partial charge in [-0.15, -0.1) is 0 Å². The van der Waals surface area contributed by atoms with Crippen LogP contribution >= 0.6 is 0 Å². The number of nitrogens with zero attached hydrogens (tertiary/aromatic N) is 3. The van der Waals surface area contributed by atoms with E-state index in [1.54, 1.807) is 12.4 Å². The summed E-state index contributed by atoms with van der Waals surface area (Å²) in [4.78, 5) is 23.3. The number of benzene rings is 1. The molecule has 132 valence electrons. The highest BCUT2D eigenvalue weighted by Gasteiger charge is 2.25. The normalized spacial score (nSPS) is 17.2. The first kappa shape index (κ1) is 16.5. The Morgan fingerprint density at radius 3 is 2.85 bits per heavy atom. The molecule has 2 aromatic heterocycles. The molecule has 1 aromatic carbocycles. The number of ether oxygens (including phenoxy) is 1. The second kappa shape index (κ2) is 7.52. The van der Waals surface area contributed by atoms with Gasteiger partial charge in [-0.25, -0.2) is 4.98 Å². The van der Waals surface area contributed by atoms with Crippen LogP contribution in [-0.4, -0.2) is 40.5 Å². The summed E-state index contributed by atoms with van der Waals surface area (Å²) < 4.78 is 5.84. The Labute approximate surface area is 152 Å². The number of carbonyl (C=O) groups excluding carboxylic acids is 1. The lowest BCUT2D eigenvalue weighted by molar-refractivity contribution is 0.0628. The van der Waals surface area contributed by atoms with E-state index in [0.717, 1.165) is 36.0 Å². The second-order valence-corrected chi connectivity index (χ2v) is 6.64. The lowest BCUT2D eigenvalue weighted by atomic mass is 9.98. The maximum absolute atomic E-state index is 12.9. The quantitative estimate of drug-likeness (QED) is 0.724. The highest BCUT2D eigenvalue weighted by atomic mass is 16.5. The van der Waals surface area contributed by atoms with Gasteiger partial charge in [0.15, 0.2) is 0 Å². The van der Waals surface area contributed by atoms with Crippen molar-refractivity contribution in [1.29, 1.82) is 0 Å². The number of likely N-dealkylation sites (tertiary alicyclic amines) is 1. The van der Waals surface area contributed by atoms with Crippen LogP contribution in [0.5, 0.6) is 5.75 Å². The number of fused-ring (bicyclic) bond motifs is 1. The van der Waals surface area contributed by atoms with E-state index in [1.165, 1.54) is 0 Å². The number of carbonyl (C=O) groups is 1. The van der Waals surface area contributed by atoms with E-state index in [9.17, 15) is 4.79 Å². The first-order chi connectivity index (χ1) is 12.8.